The Kier molecular flexibility index (Phi) is 4.04. The monoisotopic (exact) mass is 252 g/mol. The van der Waals surface area contributed by atoms with Crippen LogP contribution in [0.5, 0.6) is 0 Å². The Balaban J connectivity index is 3.05. The number of hydrogen-bond acceptors (Lipinski definition) is 3. The van der Waals surface area contributed by atoms with Crippen molar-refractivity contribution >= 4 is 21.6 Å². The van der Waals surface area contributed by atoms with E-state index in [1.165, 1.54) is 0 Å². The minimum absolute atomic E-state index is 0.107. The second-order valence-electron chi connectivity index (χ2n) is 2.76. The van der Waals surface area contributed by atoms with Gasteiger partial charge >= 0.3 is 0 Å². The Hall–Kier alpha value is -0.690. The average Bonchev–Trinajstić information content (AvgIpc) is 2.14. The van der Waals surface area contributed by atoms with E-state index in [0.717, 1.165) is 18.2 Å². The average molecular weight is 253 g/mol. The fraction of sp³-hybridized carbons (Fsp3) is 0.250. The van der Waals surface area contributed by atoms with Gasteiger partial charge in [0.25, 0.3) is 0 Å². The SMILES string of the molecule is NCCNS(=O)(=O)c1ccc(F)cc1Cl. The van der Waals surface area contributed by atoms with Crippen molar-refractivity contribution in [3.63, 3.8) is 0 Å². The Bertz CT molecular complexity index is 450. The van der Waals surface area contributed by atoms with Gasteiger partial charge in [0.1, 0.15) is 10.7 Å². The Morgan fingerprint density at radius 2 is 2.13 bits per heavy atom. The molecule has 84 valence electrons. The van der Waals surface area contributed by atoms with Crippen molar-refractivity contribution < 1.29 is 12.8 Å². The molecule has 0 aliphatic heterocycles. The lowest BCUT2D eigenvalue weighted by Gasteiger charge is -2.06. The Morgan fingerprint density at radius 3 is 2.67 bits per heavy atom. The molecule has 0 bridgehead atoms. The summed E-state index contributed by atoms with van der Waals surface area (Å²) in [6.45, 7) is 0.286. The first kappa shape index (κ1) is 12.4. The summed E-state index contributed by atoms with van der Waals surface area (Å²) in [6.07, 6.45) is 0. The summed E-state index contributed by atoms with van der Waals surface area (Å²) < 4.78 is 38.0. The summed E-state index contributed by atoms with van der Waals surface area (Å²) >= 11 is 5.60. The lowest BCUT2D eigenvalue weighted by Crippen LogP contribution is -2.29. The second kappa shape index (κ2) is 4.89. The Morgan fingerprint density at radius 1 is 1.47 bits per heavy atom. The van der Waals surface area contributed by atoms with Crippen molar-refractivity contribution in [1.82, 2.24) is 4.72 Å². The van der Waals surface area contributed by atoms with Crippen molar-refractivity contribution in [3.05, 3.63) is 29.0 Å². The lowest BCUT2D eigenvalue weighted by molar-refractivity contribution is 0.581. The molecule has 0 saturated carbocycles. The summed E-state index contributed by atoms with van der Waals surface area (Å²) in [5.41, 5.74) is 5.16. The molecule has 1 rings (SSSR count). The minimum Gasteiger partial charge on any atom is -0.329 e. The molecule has 3 N–H and O–H groups in total. The molecule has 0 fully saturated rings. The molecule has 0 radical (unpaired) electrons. The highest BCUT2D eigenvalue weighted by Gasteiger charge is 2.17. The lowest BCUT2D eigenvalue weighted by atomic mass is 10.3. The van der Waals surface area contributed by atoms with Crippen LogP contribution in [0.25, 0.3) is 0 Å². The third-order valence-corrected chi connectivity index (χ3v) is 3.56. The number of sulfonamides is 1. The molecule has 0 aliphatic carbocycles. The number of benzene rings is 1. The zero-order chi connectivity index (χ0) is 11.5. The fourth-order valence-corrected chi connectivity index (χ4v) is 2.54. The third kappa shape index (κ3) is 3.13. The van der Waals surface area contributed by atoms with Crippen LogP contribution in [-0.4, -0.2) is 21.5 Å². The highest BCUT2D eigenvalue weighted by atomic mass is 35.5. The zero-order valence-corrected chi connectivity index (χ0v) is 9.28. The highest BCUT2D eigenvalue weighted by molar-refractivity contribution is 7.89. The maximum absolute atomic E-state index is 12.7. The molecule has 0 saturated heterocycles. The van der Waals surface area contributed by atoms with Gasteiger partial charge in [-0.15, -0.1) is 0 Å². The largest absolute Gasteiger partial charge is 0.329 e. The van der Waals surface area contributed by atoms with Crippen LogP contribution in [0.4, 0.5) is 4.39 Å². The van der Waals surface area contributed by atoms with Crippen molar-refractivity contribution in [2.45, 2.75) is 4.90 Å². The van der Waals surface area contributed by atoms with E-state index in [9.17, 15) is 12.8 Å². The van der Waals surface area contributed by atoms with Gasteiger partial charge in [-0.05, 0) is 18.2 Å². The number of rotatable bonds is 4. The normalized spacial score (nSPS) is 11.7. The molecule has 0 aromatic heterocycles. The maximum Gasteiger partial charge on any atom is 0.242 e. The summed E-state index contributed by atoms with van der Waals surface area (Å²) in [4.78, 5) is -0.154. The van der Waals surface area contributed by atoms with E-state index in [1.807, 2.05) is 0 Å². The maximum atomic E-state index is 12.7. The van der Waals surface area contributed by atoms with E-state index < -0.39 is 15.8 Å². The summed E-state index contributed by atoms with van der Waals surface area (Å²) in [5.74, 6) is -0.585. The van der Waals surface area contributed by atoms with Gasteiger partial charge in [-0.1, -0.05) is 11.6 Å². The molecular weight excluding hydrogens is 243 g/mol. The van der Waals surface area contributed by atoms with Gasteiger partial charge in [-0.3, -0.25) is 0 Å². The van der Waals surface area contributed by atoms with Gasteiger partial charge < -0.3 is 5.73 Å². The van der Waals surface area contributed by atoms with Gasteiger partial charge in [0.15, 0.2) is 0 Å². The number of hydrogen-bond donors (Lipinski definition) is 2. The molecule has 0 amide bonds. The van der Waals surface area contributed by atoms with Crippen LogP contribution in [0.1, 0.15) is 0 Å². The number of halogens is 2. The quantitative estimate of drug-likeness (QED) is 0.829. The van der Waals surface area contributed by atoms with Crippen LogP contribution in [-0.2, 0) is 10.0 Å². The van der Waals surface area contributed by atoms with E-state index in [1.54, 1.807) is 0 Å². The van der Waals surface area contributed by atoms with Crippen LogP contribution in [0, 0.1) is 5.82 Å². The Labute approximate surface area is 92.3 Å². The molecule has 15 heavy (non-hydrogen) atoms. The van der Waals surface area contributed by atoms with Gasteiger partial charge in [0, 0.05) is 13.1 Å². The predicted octanol–water partition coefficient (Wildman–Crippen LogP) is 0.716. The van der Waals surface area contributed by atoms with E-state index in [-0.39, 0.29) is 23.0 Å². The zero-order valence-electron chi connectivity index (χ0n) is 7.70. The molecular formula is C8H10ClFN2O2S. The van der Waals surface area contributed by atoms with Crippen LogP contribution in [0.15, 0.2) is 23.1 Å². The van der Waals surface area contributed by atoms with E-state index in [4.69, 9.17) is 17.3 Å². The van der Waals surface area contributed by atoms with Crippen LogP contribution < -0.4 is 10.5 Å². The summed E-state index contributed by atoms with van der Waals surface area (Å²) in [5, 5.41) is -0.153. The molecule has 0 unspecified atom stereocenters. The minimum atomic E-state index is -3.70. The number of nitrogens with one attached hydrogen (secondary N) is 1. The van der Waals surface area contributed by atoms with Crippen LogP contribution in [0.2, 0.25) is 5.02 Å². The van der Waals surface area contributed by atoms with E-state index >= 15 is 0 Å². The first-order valence-electron chi connectivity index (χ1n) is 4.12. The third-order valence-electron chi connectivity index (χ3n) is 1.62. The van der Waals surface area contributed by atoms with Crippen molar-refractivity contribution in [3.8, 4) is 0 Å². The van der Waals surface area contributed by atoms with Crippen molar-refractivity contribution in [1.29, 1.82) is 0 Å². The molecule has 0 spiro atoms. The van der Waals surface area contributed by atoms with E-state index in [0.29, 0.717) is 0 Å². The van der Waals surface area contributed by atoms with Gasteiger partial charge in [0.2, 0.25) is 10.0 Å². The first-order chi connectivity index (χ1) is 6.97. The predicted molar refractivity (Wildman–Crippen MR) is 55.7 cm³/mol. The summed E-state index contributed by atoms with van der Waals surface area (Å²) in [7, 11) is -3.70. The second-order valence-corrected chi connectivity index (χ2v) is 4.90. The van der Waals surface area contributed by atoms with Gasteiger partial charge in [-0.2, -0.15) is 0 Å². The molecule has 7 heteroatoms. The fourth-order valence-electron chi connectivity index (χ4n) is 0.964. The molecule has 0 aliphatic rings. The van der Waals surface area contributed by atoms with Gasteiger partial charge in [-0.25, -0.2) is 17.5 Å². The molecule has 1 aromatic carbocycles. The molecule has 4 nitrogen and oxygen atoms in total. The topological polar surface area (TPSA) is 72.2 Å². The smallest absolute Gasteiger partial charge is 0.242 e. The highest BCUT2D eigenvalue weighted by Crippen LogP contribution is 2.21. The van der Waals surface area contributed by atoms with Crippen molar-refractivity contribution in [2.24, 2.45) is 5.73 Å². The van der Waals surface area contributed by atoms with E-state index in [2.05, 4.69) is 4.72 Å². The first-order valence-corrected chi connectivity index (χ1v) is 5.98. The summed E-state index contributed by atoms with van der Waals surface area (Å²) in [6, 6.07) is 3.08. The van der Waals surface area contributed by atoms with Crippen molar-refractivity contribution in [2.75, 3.05) is 13.1 Å². The standard InChI is InChI=1S/C8H10ClFN2O2S/c9-7-5-6(10)1-2-8(7)15(13,14)12-4-3-11/h1-2,5,12H,3-4,11H2. The van der Waals surface area contributed by atoms with Crippen LogP contribution in [0.3, 0.4) is 0 Å². The van der Waals surface area contributed by atoms with Crippen LogP contribution >= 0.6 is 11.6 Å². The molecule has 0 atom stereocenters. The van der Waals surface area contributed by atoms with Gasteiger partial charge in [0.05, 0.1) is 5.02 Å². The molecule has 1 aromatic rings. The molecule has 0 heterocycles. The number of nitrogens with two attached hydrogens (primary N) is 1.